The van der Waals surface area contributed by atoms with Gasteiger partial charge in [0, 0.05) is 0 Å². The Kier molecular flexibility index (Phi) is 5.31. The zero-order valence-electron chi connectivity index (χ0n) is 8.94. The number of nitrogens with zero attached hydrogens (tertiary/aromatic N) is 3. The van der Waals surface area contributed by atoms with Crippen LogP contribution < -0.4 is 5.73 Å². The monoisotopic (exact) mass is 227 g/mol. The van der Waals surface area contributed by atoms with Crippen molar-refractivity contribution in [2.75, 3.05) is 6.26 Å². The first-order valence-electron chi connectivity index (χ1n) is 5.10. The maximum absolute atomic E-state index is 7.24. The molecule has 0 bridgehead atoms. The average molecular weight is 227 g/mol. The van der Waals surface area contributed by atoms with Crippen molar-refractivity contribution in [2.45, 2.75) is 38.1 Å². The molecule has 1 rings (SSSR count). The topological polar surface area (TPSA) is 87.0 Å². The summed E-state index contributed by atoms with van der Waals surface area (Å²) in [6, 6.07) is 0.307. The summed E-state index contributed by atoms with van der Waals surface area (Å²) >= 11 is 1.23. The first kappa shape index (κ1) is 12.2. The largest absolute Gasteiger partial charge is 0.367 e. The lowest BCUT2D eigenvalue weighted by molar-refractivity contribution is 0.443. The molecule has 0 aromatic carbocycles. The van der Waals surface area contributed by atoms with E-state index >= 15 is 0 Å². The van der Waals surface area contributed by atoms with E-state index in [9.17, 15) is 0 Å². The van der Waals surface area contributed by atoms with Gasteiger partial charge >= 0.3 is 0 Å². The van der Waals surface area contributed by atoms with Crippen LogP contribution in [0.25, 0.3) is 0 Å². The molecule has 0 amide bonds. The standard InChI is InChI=1S/C9H17N5S/c1-15-9(11)14-13-8(10)12-7-5-3-2-4-6-7/h7,11H,2-6H2,1H3,(H2,10,12)/b11-9?,14-13+. The van der Waals surface area contributed by atoms with Gasteiger partial charge in [-0.3, -0.25) is 5.41 Å². The van der Waals surface area contributed by atoms with Crippen molar-refractivity contribution in [1.29, 1.82) is 5.41 Å². The molecule has 0 aromatic rings. The molecule has 15 heavy (non-hydrogen) atoms. The molecule has 84 valence electrons. The van der Waals surface area contributed by atoms with Crippen LogP contribution in [0, 0.1) is 5.41 Å². The molecule has 0 spiro atoms. The number of rotatable bonds is 1. The van der Waals surface area contributed by atoms with E-state index in [2.05, 4.69) is 15.2 Å². The van der Waals surface area contributed by atoms with Crippen LogP contribution in [0.4, 0.5) is 0 Å². The zero-order valence-corrected chi connectivity index (χ0v) is 9.76. The molecule has 6 heteroatoms. The minimum atomic E-state index is 0.150. The van der Waals surface area contributed by atoms with Crippen molar-refractivity contribution in [1.82, 2.24) is 0 Å². The number of aliphatic imine (C=N–C) groups is 1. The third-order valence-electron chi connectivity index (χ3n) is 2.33. The van der Waals surface area contributed by atoms with Crippen molar-refractivity contribution in [3.8, 4) is 0 Å². The number of guanidine groups is 1. The highest BCUT2D eigenvalue weighted by Gasteiger charge is 2.12. The number of amidine groups is 1. The summed E-state index contributed by atoms with van der Waals surface area (Å²) in [6.45, 7) is 0. The van der Waals surface area contributed by atoms with E-state index < -0.39 is 0 Å². The third-order valence-corrected chi connectivity index (χ3v) is 2.79. The summed E-state index contributed by atoms with van der Waals surface area (Å²) < 4.78 is 0. The Hall–Kier alpha value is -0.910. The number of hydrogen-bond acceptors (Lipinski definition) is 3. The average Bonchev–Trinajstić information content (AvgIpc) is 2.27. The zero-order chi connectivity index (χ0) is 11.1. The quantitative estimate of drug-likeness (QED) is 0.409. The maximum atomic E-state index is 7.24. The second-order valence-corrected chi connectivity index (χ2v) is 4.28. The summed E-state index contributed by atoms with van der Waals surface area (Å²) in [5, 5.41) is 14.7. The molecular formula is C9H17N5S. The smallest absolute Gasteiger partial charge is 0.235 e. The molecule has 3 N–H and O–H groups in total. The van der Waals surface area contributed by atoms with Crippen LogP contribution in [0.15, 0.2) is 15.2 Å². The van der Waals surface area contributed by atoms with Gasteiger partial charge in [0.1, 0.15) is 0 Å². The SMILES string of the molecule is CSC(=N)/N=N/C(N)=NC1CCCCC1. The van der Waals surface area contributed by atoms with E-state index in [-0.39, 0.29) is 11.1 Å². The van der Waals surface area contributed by atoms with Crippen molar-refractivity contribution >= 4 is 22.9 Å². The Labute approximate surface area is 94.1 Å². The van der Waals surface area contributed by atoms with Crippen LogP contribution in [-0.4, -0.2) is 23.4 Å². The molecule has 5 nitrogen and oxygen atoms in total. The molecular weight excluding hydrogens is 210 g/mol. The maximum Gasteiger partial charge on any atom is 0.235 e. The lowest BCUT2D eigenvalue weighted by Crippen LogP contribution is -2.16. The highest BCUT2D eigenvalue weighted by atomic mass is 32.2. The van der Waals surface area contributed by atoms with Gasteiger partial charge < -0.3 is 5.73 Å². The molecule has 0 atom stereocenters. The lowest BCUT2D eigenvalue weighted by atomic mass is 9.96. The summed E-state index contributed by atoms with van der Waals surface area (Å²) in [7, 11) is 0. The van der Waals surface area contributed by atoms with Gasteiger partial charge in [0.15, 0.2) is 0 Å². The van der Waals surface area contributed by atoms with E-state index in [1.165, 1.54) is 31.0 Å². The van der Waals surface area contributed by atoms with E-state index in [4.69, 9.17) is 11.1 Å². The van der Waals surface area contributed by atoms with Gasteiger partial charge in [-0.05, 0) is 19.1 Å². The summed E-state index contributed by atoms with van der Waals surface area (Å²) in [4.78, 5) is 4.27. The minimum Gasteiger partial charge on any atom is -0.367 e. The van der Waals surface area contributed by atoms with Gasteiger partial charge in [-0.15, -0.1) is 10.2 Å². The molecule has 0 aliphatic heterocycles. The van der Waals surface area contributed by atoms with Gasteiger partial charge in [-0.25, -0.2) is 4.99 Å². The van der Waals surface area contributed by atoms with Crippen LogP contribution in [0.5, 0.6) is 0 Å². The first-order chi connectivity index (χ1) is 7.22. The fraction of sp³-hybridized carbons (Fsp3) is 0.778. The van der Waals surface area contributed by atoms with Gasteiger partial charge in [0.05, 0.1) is 6.04 Å². The molecule has 1 saturated carbocycles. The normalized spacial score (nSPS) is 19.7. The van der Waals surface area contributed by atoms with E-state index in [0.717, 1.165) is 12.8 Å². The fourth-order valence-corrected chi connectivity index (χ4v) is 1.68. The second-order valence-electron chi connectivity index (χ2n) is 3.49. The Balaban J connectivity index is 2.43. The Morgan fingerprint density at radius 3 is 2.53 bits per heavy atom. The second kappa shape index (κ2) is 6.55. The van der Waals surface area contributed by atoms with Gasteiger partial charge in [-0.2, -0.15) is 0 Å². The number of nitrogens with one attached hydrogen (secondary N) is 1. The number of thioether (sulfide) groups is 1. The van der Waals surface area contributed by atoms with Crippen LogP contribution in [0.1, 0.15) is 32.1 Å². The molecule has 1 fully saturated rings. The molecule has 0 aromatic heterocycles. The van der Waals surface area contributed by atoms with E-state index in [0.29, 0.717) is 6.04 Å². The van der Waals surface area contributed by atoms with Crippen molar-refractivity contribution in [3.05, 3.63) is 0 Å². The van der Waals surface area contributed by atoms with Crippen LogP contribution in [-0.2, 0) is 0 Å². The Morgan fingerprint density at radius 1 is 1.27 bits per heavy atom. The van der Waals surface area contributed by atoms with Crippen LogP contribution >= 0.6 is 11.8 Å². The Bertz CT molecular complexity index is 268. The van der Waals surface area contributed by atoms with Gasteiger partial charge in [0.2, 0.25) is 11.1 Å². The molecule has 0 radical (unpaired) electrons. The van der Waals surface area contributed by atoms with Gasteiger partial charge in [-0.1, -0.05) is 31.0 Å². The summed E-state index contributed by atoms with van der Waals surface area (Å²) in [6.07, 6.45) is 7.70. The van der Waals surface area contributed by atoms with E-state index in [1.807, 2.05) is 0 Å². The Morgan fingerprint density at radius 2 is 1.93 bits per heavy atom. The predicted octanol–water partition coefficient (Wildman–Crippen LogP) is 2.38. The molecule has 1 aliphatic rings. The van der Waals surface area contributed by atoms with Crippen molar-refractivity contribution < 1.29 is 0 Å². The van der Waals surface area contributed by atoms with Crippen molar-refractivity contribution in [2.24, 2.45) is 21.0 Å². The van der Waals surface area contributed by atoms with Crippen LogP contribution in [0.3, 0.4) is 0 Å². The van der Waals surface area contributed by atoms with Gasteiger partial charge in [0.25, 0.3) is 0 Å². The predicted molar refractivity (Wildman–Crippen MR) is 64.6 cm³/mol. The first-order valence-corrected chi connectivity index (χ1v) is 6.32. The van der Waals surface area contributed by atoms with Crippen molar-refractivity contribution in [3.63, 3.8) is 0 Å². The lowest BCUT2D eigenvalue weighted by Gasteiger charge is -2.16. The number of azo groups is 1. The third kappa shape index (κ3) is 4.92. The molecule has 1 aliphatic carbocycles. The number of hydrogen-bond donors (Lipinski definition) is 2. The summed E-state index contributed by atoms with van der Waals surface area (Å²) in [5.41, 5.74) is 5.59. The molecule has 0 heterocycles. The fourth-order valence-electron chi connectivity index (χ4n) is 1.56. The van der Waals surface area contributed by atoms with E-state index in [1.54, 1.807) is 6.26 Å². The van der Waals surface area contributed by atoms with Crippen LogP contribution in [0.2, 0.25) is 0 Å². The minimum absolute atomic E-state index is 0.150. The molecule has 0 unspecified atom stereocenters. The number of nitrogens with two attached hydrogens (primary N) is 1. The summed E-state index contributed by atoms with van der Waals surface area (Å²) in [5.74, 6) is 0.195. The highest BCUT2D eigenvalue weighted by Crippen LogP contribution is 2.20. The highest BCUT2D eigenvalue weighted by molar-refractivity contribution is 8.13. The molecule has 0 saturated heterocycles.